The Hall–Kier alpha value is -4.21. The number of hydrogen-bond acceptors (Lipinski definition) is 5. The number of halogens is 3. The van der Waals surface area contributed by atoms with Gasteiger partial charge in [-0.2, -0.15) is 18.4 Å². The Kier molecular flexibility index (Phi) is 9.51. The third-order valence-corrected chi connectivity index (χ3v) is 9.39. The Morgan fingerprint density at radius 3 is 2.16 bits per heavy atom. The van der Waals surface area contributed by atoms with Gasteiger partial charge in [0.25, 0.3) is 0 Å². The van der Waals surface area contributed by atoms with E-state index in [2.05, 4.69) is 10.6 Å². The molecule has 44 heavy (non-hydrogen) atoms. The minimum Gasteiger partial charge on any atom is -0.326 e. The molecule has 3 aromatic carbocycles. The molecule has 1 aliphatic rings. The molecule has 0 saturated carbocycles. The number of nitriles is 1. The van der Waals surface area contributed by atoms with Crippen LogP contribution in [-0.4, -0.2) is 43.9 Å². The van der Waals surface area contributed by atoms with Crippen molar-refractivity contribution in [2.24, 2.45) is 11.3 Å². The quantitative estimate of drug-likeness (QED) is 0.315. The van der Waals surface area contributed by atoms with Crippen LogP contribution in [0.4, 0.5) is 24.5 Å². The topological polar surface area (TPSA) is 119 Å². The summed E-state index contributed by atoms with van der Waals surface area (Å²) >= 11 is 0. The first-order chi connectivity index (χ1) is 20.6. The molecule has 4 rings (SSSR count). The number of carbonyl (C=O) groups is 2. The lowest BCUT2D eigenvalue weighted by Crippen LogP contribution is -2.48. The van der Waals surface area contributed by atoms with E-state index in [0.29, 0.717) is 18.5 Å². The molecule has 2 amide bonds. The monoisotopic (exact) mass is 626 g/mol. The largest absolute Gasteiger partial charge is 0.417 e. The summed E-state index contributed by atoms with van der Waals surface area (Å²) < 4.78 is 66.5. The van der Waals surface area contributed by atoms with Gasteiger partial charge in [-0.15, -0.1) is 0 Å². The van der Waals surface area contributed by atoms with Crippen LogP contribution in [0.15, 0.2) is 66.7 Å². The number of anilines is 2. The van der Waals surface area contributed by atoms with E-state index in [1.165, 1.54) is 23.4 Å². The summed E-state index contributed by atoms with van der Waals surface area (Å²) in [5.74, 6) is -0.963. The van der Waals surface area contributed by atoms with Gasteiger partial charge in [0.2, 0.25) is 21.8 Å². The molecule has 0 aliphatic carbocycles. The Labute approximate surface area is 254 Å². The van der Waals surface area contributed by atoms with E-state index in [1.54, 1.807) is 19.1 Å². The molecular weight excluding hydrogens is 593 g/mol. The zero-order valence-corrected chi connectivity index (χ0v) is 25.3. The van der Waals surface area contributed by atoms with Crippen molar-refractivity contribution in [2.45, 2.75) is 39.3 Å². The minimum atomic E-state index is -4.78. The first kappa shape index (κ1) is 32.7. The fourth-order valence-corrected chi connectivity index (χ4v) is 6.57. The van der Waals surface area contributed by atoms with E-state index in [4.69, 9.17) is 5.26 Å². The number of piperidine rings is 1. The zero-order valence-electron chi connectivity index (χ0n) is 24.5. The predicted octanol–water partition coefficient (Wildman–Crippen LogP) is 6.06. The van der Waals surface area contributed by atoms with E-state index in [-0.39, 0.29) is 37.0 Å². The molecule has 0 bridgehead atoms. The van der Waals surface area contributed by atoms with Gasteiger partial charge in [-0.05, 0) is 72.2 Å². The van der Waals surface area contributed by atoms with E-state index >= 15 is 0 Å². The Morgan fingerprint density at radius 1 is 0.955 bits per heavy atom. The summed E-state index contributed by atoms with van der Waals surface area (Å²) in [5.41, 5.74) is 0.315. The molecule has 1 fully saturated rings. The molecule has 0 aromatic heterocycles. The number of rotatable bonds is 8. The smallest absolute Gasteiger partial charge is 0.326 e. The molecule has 0 spiro atoms. The number of hydrogen-bond donors (Lipinski definition) is 2. The highest BCUT2D eigenvalue weighted by Crippen LogP contribution is 2.41. The normalized spacial score (nSPS) is 16.0. The van der Waals surface area contributed by atoms with Crippen LogP contribution >= 0.6 is 0 Å². The summed E-state index contributed by atoms with van der Waals surface area (Å²) in [6.07, 6.45) is -2.63. The predicted molar refractivity (Wildman–Crippen MR) is 162 cm³/mol. The molecule has 1 heterocycles. The van der Waals surface area contributed by atoms with Crippen LogP contribution < -0.4 is 10.6 Å². The summed E-state index contributed by atoms with van der Waals surface area (Å²) in [4.78, 5) is 25.4. The molecule has 232 valence electrons. The highest BCUT2D eigenvalue weighted by molar-refractivity contribution is 7.88. The van der Waals surface area contributed by atoms with Crippen molar-refractivity contribution < 1.29 is 31.2 Å². The van der Waals surface area contributed by atoms with Crippen LogP contribution in [0.5, 0.6) is 0 Å². The minimum absolute atomic E-state index is 0.0888. The Bertz CT molecular complexity index is 1690. The van der Waals surface area contributed by atoms with Gasteiger partial charge >= 0.3 is 6.18 Å². The van der Waals surface area contributed by atoms with Crippen molar-refractivity contribution in [2.75, 3.05) is 30.0 Å². The van der Waals surface area contributed by atoms with E-state index in [1.807, 2.05) is 36.4 Å². The number of carbonyl (C=O) groups excluding carboxylic acids is 2. The molecule has 1 atom stereocenters. The lowest BCUT2D eigenvalue weighted by atomic mass is 9.68. The molecule has 1 aliphatic heterocycles. The molecule has 0 radical (unpaired) electrons. The zero-order chi connectivity index (χ0) is 32.3. The van der Waals surface area contributed by atoms with Crippen molar-refractivity contribution in [3.63, 3.8) is 0 Å². The number of nitrogens with zero attached hydrogens (tertiary/aromatic N) is 2. The molecule has 12 heteroatoms. The fraction of sp³-hybridized carbons (Fsp3) is 0.344. The number of sulfonamides is 1. The maximum atomic E-state index is 14.0. The molecule has 1 saturated heterocycles. The van der Waals surface area contributed by atoms with Crippen LogP contribution in [0, 0.1) is 22.7 Å². The van der Waals surface area contributed by atoms with Gasteiger partial charge in [0.15, 0.2) is 0 Å². The number of nitrogens with one attached hydrogen (secondary N) is 2. The SMILES string of the molecule is CC(=O)Nc1ccc(-c2cccc(CC(C)(C(=O)Nc3ccc(C#N)c(C(F)(F)F)c3)C3CCN(S(C)(=O)=O)CC3)c2)cc1. The average Bonchev–Trinajstić information content (AvgIpc) is 2.96. The van der Waals surface area contributed by atoms with Gasteiger partial charge in [0.1, 0.15) is 0 Å². The number of amides is 2. The van der Waals surface area contributed by atoms with Gasteiger partial charge < -0.3 is 10.6 Å². The van der Waals surface area contributed by atoms with E-state index in [9.17, 15) is 31.2 Å². The summed E-state index contributed by atoms with van der Waals surface area (Å²) in [6.45, 7) is 3.63. The van der Waals surface area contributed by atoms with Crippen molar-refractivity contribution in [1.29, 1.82) is 5.26 Å². The second-order valence-corrected chi connectivity index (χ2v) is 13.3. The van der Waals surface area contributed by atoms with Crippen LogP contribution in [0.3, 0.4) is 0 Å². The van der Waals surface area contributed by atoms with Crippen LogP contribution in [0.1, 0.15) is 43.4 Å². The van der Waals surface area contributed by atoms with Crippen LogP contribution in [0.25, 0.3) is 11.1 Å². The lowest BCUT2D eigenvalue weighted by molar-refractivity contribution is -0.138. The number of alkyl halides is 3. The van der Waals surface area contributed by atoms with Crippen LogP contribution in [0.2, 0.25) is 0 Å². The van der Waals surface area contributed by atoms with Gasteiger partial charge in [0.05, 0.1) is 28.9 Å². The van der Waals surface area contributed by atoms with Crippen molar-refractivity contribution in [3.8, 4) is 17.2 Å². The second-order valence-electron chi connectivity index (χ2n) is 11.3. The van der Waals surface area contributed by atoms with Crippen molar-refractivity contribution in [1.82, 2.24) is 4.31 Å². The molecule has 8 nitrogen and oxygen atoms in total. The third-order valence-electron chi connectivity index (χ3n) is 8.08. The van der Waals surface area contributed by atoms with Gasteiger partial charge in [-0.1, -0.05) is 43.3 Å². The van der Waals surface area contributed by atoms with Gasteiger partial charge in [0, 0.05) is 31.4 Å². The lowest BCUT2D eigenvalue weighted by Gasteiger charge is -2.41. The molecular formula is C32H33F3N4O4S. The number of benzene rings is 3. The Balaban J connectivity index is 1.66. The maximum absolute atomic E-state index is 14.0. The molecule has 2 N–H and O–H groups in total. The highest BCUT2D eigenvalue weighted by atomic mass is 32.2. The molecule has 1 unspecified atom stereocenters. The molecule has 3 aromatic rings. The summed E-state index contributed by atoms with van der Waals surface area (Å²) in [6, 6.07) is 19.5. The van der Waals surface area contributed by atoms with Gasteiger partial charge in [-0.25, -0.2) is 12.7 Å². The fourth-order valence-electron chi connectivity index (χ4n) is 5.70. The highest BCUT2D eigenvalue weighted by Gasteiger charge is 2.44. The first-order valence-electron chi connectivity index (χ1n) is 13.9. The van der Waals surface area contributed by atoms with Gasteiger partial charge in [-0.3, -0.25) is 9.59 Å². The van der Waals surface area contributed by atoms with E-state index < -0.39 is 38.6 Å². The average molecular weight is 627 g/mol. The van der Waals surface area contributed by atoms with Crippen molar-refractivity contribution >= 4 is 33.2 Å². The third kappa shape index (κ3) is 7.65. The summed E-state index contributed by atoms with van der Waals surface area (Å²) in [7, 11) is -3.42. The summed E-state index contributed by atoms with van der Waals surface area (Å²) in [5, 5.41) is 14.5. The maximum Gasteiger partial charge on any atom is 0.417 e. The first-order valence-corrected chi connectivity index (χ1v) is 15.8. The second kappa shape index (κ2) is 12.8. The Morgan fingerprint density at radius 2 is 1.59 bits per heavy atom. The van der Waals surface area contributed by atoms with Crippen molar-refractivity contribution in [3.05, 3.63) is 83.4 Å². The van der Waals surface area contributed by atoms with E-state index in [0.717, 1.165) is 35.1 Å². The standard InChI is InChI=1S/C32H33F3N4O4S/c1-21(40)37-27-10-7-23(8-11-27)24-6-4-5-22(17-24)19-31(2,26-13-15-39(16-14-26)44(3,42)43)30(41)38-28-12-9-25(20-36)29(18-28)32(33,34)35/h4-12,17-18,26H,13-16,19H2,1-3H3,(H,37,40)(H,38,41). The van der Waals surface area contributed by atoms with Crippen LogP contribution in [-0.2, 0) is 32.2 Å².